The molecule has 0 aromatic heterocycles. The minimum absolute atomic E-state index is 0.267. The highest BCUT2D eigenvalue weighted by atomic mass is 16.5. The molecule has 0 radical (unpaired) electrons. The lowest BCUT2D eigenvalue weighted by Crippen LogP contribution is -2.42. The van der Waals surface area contributed by atoms with Crippen molar-refractivity contribution in [1.82, 2.24) is 0 Å². The van der Waals surface area contributed by atoms with Gasteiger partial charge in [0.05, 0.1) is 14.2 Å². The van der Waals surface area contributed by atoms with E-state index in [9.17, 15) is 0 Å². The van der Waals surface area contributed by atoms with Gasteiger partial charge in [0, 0.05) is 30.9 Å². The van der Waals surface area contributed by atoms with Gasteiger partial charge in [-0.05, 0) is 31.4 Å². The number of likely N-dealkylation sites (N-methyl/N-ethyl adjacent to an activating group) is 1. The molecular weight excluding hydrogens is 228 g/mol. The Morgan fingerprint density at radius 1 is 1.17 bits per heavy atom. The van der Waals surface area contributed by atoms with Crippen molar-refractivity contribution in [2.24, 2.45) is 5.73 Å². The second-order valence-electron chi connectivity index (χ2n) is 4.81. The summed E-state index contributed by atoms with van der Waals surface area (Å²) in [7, 11) is 5.40. The van der Waals surface area contributed by atoms with Crippen molar-refractivity contribution >= 4 is 5.69 Å². The van der Waals surface area contributed by atoms with Crippen molar-refractivity contribution in [3.05, 3.63) is 18.2 Å². The molecule has 0 bridgehead atoms. The number of nitrogens with two attached hydrogens (primary N) is 1. The lowest BCUT2D eigenvalue weighted by molar-refractivity contribution is 0.355. The molecule has 2 rings (SSSR count). The van der Waals surface area contributed by atoms with Gasteiger partial charge in [-0.2, -0.15) is 0 Å². The van der Waals surface area contributed by atoms with Crippen LogP contribution in [0.5, 0.6) is 11.5 Å². The van der Waals surface area contributed by atoms with Crippen LogP contribution in [0.3, 0.4) is 0 Å². The molecule has 2 unspecified atom stereocenters. The standard InChI is InChI=1S/C14H22N2O2/c1-16(12-6-4-5-11(12)15)10-7-8-13(17-2)14(9-10)18-3/h7-9,11-12H,4-6,15H2,1-3H3. The Kier molecular flexibility index (Phi) is 3.97. The normalized spacial score (nSPS) is 22.9. The zero-order chi connectivity index (χ0) is 13.1. The molecule has 1 aliphatic rings. The van der Waals surface area contributed by atoms with E-state index in [4.69, 9.17) is 15.2 Å². The highest BCUT2D eigenvalue weighted by Crippen LogP contribution is 2.33. The summed E-state index contributed by atoms with van der Waals surface area (Å²) in [5.41, 5.74) is 7.27. The molecule has 1 fully saturated rings. The highest BCUT2D eigenvalue weighted by Gasteiger charge is 2.27. The van der Waals surface area contributed by atoms with Crippen LogP contribution < -0.4 is 20.1 Å². The number of anilines is 1. The van der Waals surface area contributed by atoms with E-state index in [0.29, 0.717) is 6.04 Å². The molecule has 18 heavy (non-hydrogen) atoms. The number of methoxy groups -OCH3 is 2. The molecule has 4 heteroatoms. The molecule has 2 N–H and O–H groups in total. The summed E-state index contributed by atoms with van der Waals surface area (Å²) in [6.45, 7) is 0. The summed E-state index contributed by atoms with van der Waals surface area (Å²) in [4.78, 5) is 2.25. The van der Waals surface area contributed by atoms with Crippen molar-refractivity contribution in [3.63, 3.8) is 0 Å². The van der Waals surface area contributed by atoms with E-state index < -0.39 is 0 Å². The van der Waals surface area contributed by atoms with Gasteiger partial charge in [-0.1, -0.05) is 0 Å². The first kappa shape index (κ1) is 13.0. The molecule has 0 saturated heterocycles. The molecule has 100 valence electrons. The molecule has 1 saturated carbocycles. The van der Waals surface area contributed by atoms with Gasteiger partial charge in [-0.3, -0.25) is 0 Å². The largest absolute Gasteiger partial charge is 0.493 e. The number of hydrogen-bond donors (Lipinski definition) is 1. The first-order valence-electron chi connectivity index (χ1n) is 6.37. The molecule has 2 atom stereocenters. The molecule has 1 aromatic rings. The zero-order valence-corrected chi connectivity index (χ0v) is 11.3. The van der Waals surface area contributed by atoms with E-state index in [1.165, 1.54) is 6.42 Å². The van der Waals surface area contributed by atoms with Crippen LogP contribution in [0.1, 0.15) is 19.3 Å². The number of ether oxygens (including phenoxy) is 2. The van der Waals surface area contributed by atoms with Crippen molar-refractivity contribution < 1.29 is 9.47 Å². The molecule has 1 aromatic carbocycles. The maximum Gasteiger partial charge on any atom is 0.162 e. The van der Waals surface area contributed by atoms with Gasteiger partial charge in [0.1, 0.15) is 0 Å². The SMILES string of the molecule is COc1ccc(N(C)C2CCCC2N)cc1OC. The summed E-state index contributed by atoms with van der Waals surface area (Å²) in [5.74, 6) is 1.51. The Bertz CT molecular complexity index is 409. The van der Waals surface area contributed by atoms with E-state index in [2.05, 4.69) is 11.9 Å². The van der Waals surface area contributed by atoms with Gasteiger partial charge < -0.3 is 20.1 Å². The lowest BCUT2D eigenvalue weighted by Gasteiger charge is -2.30. The minimum Gasteiger partial charge on any atom is -0.493 e. The first-order chi connectivity index (χ1) is 8.67. The van der Waals surface area contributed by atoms with Crippen LogP contribution in [0.2, 0.25) is 0 Å². The Hall–Kier alpha value is -1.42. The maximum atomic E-state index is 6.15. The third kappa shape index (κ3) is 2.38. The predicted octanol–water partition coefficient (Wildman–Crippen LogP) is 2.02. The van der Waals surface area contributed by atoms with Gasteiger partial charge in [-0.25, -0.2) is 0 Å². The molecule has 0 amide bonds. The average Bonchev–Trinajstić information content (AvgIpc) is 2.83. The Labute approximate surface area is 109 Å². The van der Waals surface area contributed by atoms with E-state index in [0.717, 1.165) is 30.0 Å². The fraction of sp³-hybridized carbons (Fsp3) is 0.571. The van der Waals surface area contributed by atoms with E-state index in [1.54, 1.807) is 14.2 Å². The van der Waals surface area contributed by atoms with Gasteiger partial charge in [0.2, 0.25) is 0 Å². The van der Waals surface area contributed by atoms with Gasteiger partial charge >= 0.3 is 0 Å². The molecule has 4 nitrogen and oxygen atoms in total. The summed E-state index contributed by atoms with van der Waals surface area (Å²) in [5, 5.41) is 0. The summed E-state index contributed by atoms with van der Waals surface area (Å²) in [6.07, 6.45) is 3.48. The molecular formula is C14H22N2O2. The third-order valence-electron chi connectivity index (χ3n) is 3.80. The Morgan fingerprint density at radius 2 is 1.89 bits per heavy atom. The quantitative estimate of drug-likeness (QED) is 0.888. The van der Waals surface area contributed by atoms with Gasteiger partial charge in [-0.15, -0.1) is 0 Å². The number of benzene rings is 1. The van der Waals surface area contributed by atoms with Crippen molar-refractivity contribution in [3.8, 4) is 11.5 Å². The zero-order valence-electron chi connectivity index (χ0n) is 11.3. The van der Waals surface area contributed by atoms with Gasteiger partial charge in [0.25, 0.3) is 0 Å². The fourth-order valence-corrected chi connectivity index (χ4v) is 2.69. The first-order valence-corrected chi connectivity index (χ1v) is 6.37. The predicted molar refractivity (Wildman–Crippen MR) is 73.6 cm³/mol. The van der Waals surface area contributed by atoms with Crippen LogP contribution in [0, 0.1) is 0 Å². The maximum absolute atomic E-state index is 6.15. The Balaban J connectivity index is 2.22. The van der Waals surface area contributed by atoms with Crippen LogP contribution in [-0.2, 0) is 0 Å². The van der Waals surface area contributed by atoms with E-state index in [1.807, 2.05) is 18.2 Å². The second kappa shape index (κ2) is 5.48. The van der Waals surface area contributed by atoms with Crippen molar-refractivity contribution in [1.29, 1.82) is 0 Å². The van der Waals surface area contributed by atoms with Crippen molar-refractivity contribution in [2.45, 2.75) is 31.3 Å². The van der Waals surface area contributed by atoms with Crippen LogP contribution >= 0.6 is 0 Å². The summed E-state index contributed by atoms with van der Waals surface area (Å²) >= 11 is 0. The topological polar surface area (TPSA) is 47.7 Å². The van der Waals surface area contributed by atoms with E-state index in [-0.39, 0.29) is 6.04 Å². The number of nitrogens with zero attached hydrogens (tertiary/aromatic N) is 1. The van der Waals surface area contributed by atoms with E-state index >= 15 is 0 Å². The van der Waals surface area contributed by atoms with Crippen LogP contribution in [0.25, 0.3) is 0 Å². The van der Waals surface area contributed by atoms with Crippen LogP contribution in [0.15, 0.2) is 18.2 Å². The lowest BCUT2D eigenvalue weighted by atomic mass is 10.1. The van der Waals surface area contributed by atoms with Crippen molar-refractivity contribution in [2.75, 3.05) is 26.2 Å². The summed E-state index contributed by atoms with van der Waals surface area (Å²) in [6, 6.07) is 6.67. The molecule has 0 aliphatic heterocycles. The average molecular weight is 250 g/mol. The second-order valence-corrected chi connectivity index (χ2v) is 4.81. The molecule has 0 spiro atoms. The highest BCUT2D eigenvalue weighted by molar-refractivity contribution is 5.56. The Morgan fingerprint density at radius 3 is 2.44 bits per heavy atom. The summed E-state index contributed by atoms with van der Waals surface area (Å²) < 4.78 is 10.6. The monoisotopic (exact) mass is 250 g/mol. The van der Waals surface area contributed by atoms with Gasteiger partial charge in [0.15, 0.2) is 11.5 Å². The van der Waals surface area contributed by atoms with Crippen LogP contribution in [0.4, 0.5) is 5.69 Å². The fourth-order valence-electron chi connectivity index (χ4n) is 2.69. The number of hydrogen-bond acceptors (Lipinski definition) is 4. The third-order valence-corrected chi connectivity index (χ3v) is 3.80. The molecule has 1 aliphatic carbocycles. The molecule has 0 heterocycles. The minimum atomic E-state index is 0.267. The number of rotatable bonds is 4. The van der Waals surface area contributed by atoms with Crippen LogP contribution in [-0.4, -0.2) is 33.4 Å². The smallest absolute Gasteiger partial charge is 0.162 e.